The number of H-pyrrole nitrogens is 1. The van der Waals surface area contributed by atoms with Crippen molar-refractivity contribution in [2.45, 2.75) is 39.3 Å². The molecule has 2 aliphatic rings. The number of aryl methyl sites for hydroxylation is 1. The Kier molecular flexibility index (Phi) is 2.79. The molecule has 0 radical (unpaired) electrons. The first-order valence-electron chi connectivity index (χ1n) is 6.64. The van der Waals surface area contributed by atoms with Crippen LogP contribution in [0.15, 0.2) is 18.3 Å². The van der Waals surface area contributed by atoms with E-state index in [-0.39, 0.29) is 0 Å². The van der Waals surface area contributed by atoms with Crippen molar-refractivity contribution < 1.29 is 0 Å². The van der Waals surface area contributed by atoms with Gasteiger partial charge in [0.15, 0.2) is 0 Å². The van der Waals surface area contributed by atoms with Gasteiger partial charge in [-0.25, -0.2) is 0 Å². The Morgan fingerprint density at radius 1 is 1.47 bits per heavy atom. The Bertz CT molecular complexity index is 421. The van der Waals surface area contributed by atoms with Gasteiger partial charge in [-0.3, -0.25) is 5.10 Å². The van der Waals surface area contributed by atoms with Gasteiger partial charge in [0.2, 0.25) is 0 Å². The van der Waals surface area contributed by atoms with E-state index < -0.39 is 0 Å². The minimum absolute atomic E-state index is 0.601. The summed E-state index contributed by atoms with van der Waals surface area (Å²) in [6, 6.07) is 0.601. The van der Waals surface area contributed by atoms with E-state index in [9.17, 15) is 0 Å². The summed E-state index contributed by atoms with van der Waals surface area (Å²) in [5, 5.41) is 10.7. The second-order valence-corrected chi connectivity index (χ2v) is 5.63. The highest BCUT2D eigenvalue weighted by Crippen LogP contribution is 2.44. The molecule has 0 aliphatic heterocycles. The zero-order chi connectivity index (χ0) is 11.8. The van der Waals surface area contributed by atoms with Crippen molar-refractivity contribution in [2.24, 2.45) is 17.8 Å². The number of nitrogens with one attached hydrogen (secondary N) is 2. The maximum Gasteiger partial charge on any atom is 0.0535 e. The van der Waals surface area contributed by atoms with Crippen LogP contribution < -0.4 is 5.32 Å². The van der Waals surface area contributed by atoms with Crippen LogP contribution in [-0.4, -0.2) is 16.2 Å². The predicted octanol–water partition coefficient (Wildman–Crippen LogP) is 2.41. The molecular formula is C14H21N3. The molecule has 0 aromatic carbocycles. The van der Waals surface area contributed by atoms with Crippen LogP contribution >= 0.6 is 0 Å². The minimum Gasteiger partial charge on any atom is -0.310 e. The van der Waals surface area contributed by atoms with Gasteiger partial charge in [-0.2, -0.15) is 5.10 Å². The molecule has 0 saturated heterocycles. The van der Waals surface area contributed by atoms with Gasteiger partial charge in [-0.05, 0) is 44.4 Å². The molecule has 2 N–H and O–H groups in total. The smallest absolute Gasteiger partial charge is 0.0535 e. The molecule has 1 aromatic rings. The lowest BCUT2D eigenvalue weighted by molar-refractivity contribution is 0.326. The quantitative estimate of drug-likeness (QED) is 0.781. The van der Waals surface area contributed by atoms with E-state index in [2.05, 4.69) is 41.5 Å². The van der Waals surface area contributed by atoms with Crippen molar-refractivity contribution in [1.82, 2.24) is 15.5 Å². The summed E-state index contributed by atoms with van der Waals surface area (Å²) in [6.45, 7) is 5.34. The minimum atomic E-state index is 0.601. The molecule has 2 aliphatic carbocycles. The third-order valence-corrected chi connectivity index (χ3v) is 4.52. The molecule has 1 heterocycles. The fraction of sp³-hybridized carbons (Fsp3) is 0.643. The molecule has 3 rings (SSSR count). The number of rotatable bonds is 4. The monoisotopic (exact) mass is 231 g/mol. The van der Waals surface area contributed by atoms with Crippen LogP contribution in [0.3, 0.4) is 0 Å². The topological polar surface area (TPSA) is 40.7 Å². The molecule has 0 amide bonds. The van der Waals surface area contributed by atoms with Gasteiger partial charge in [0, 0.05) is 23.8 Å². The molecule has 0 spiro atoms. The molecule has 2 bridgehead atoms. The highest BCUT2D eigenvalue weighted by atomic mass is 15.1. The molecule has 92 valence electrons. The Hall–Kier alpha value is -1.09. The zero-order valence-electron chi connectivity index (χ0n) is 10.6. The van der Waals surface area contributed by atoms with Gasteiger partial charge in [0.1, 0.15) is 0 Å². The van der Waals surface area contributed by atoms with Crippen molar-refractivity contribution >= 4 is 0 Å². The molecular weight excluding hydrogens is 210 g/mol. The Morgan fingerprint density at radius 3 is 2.94 bits per heavy atom. The highest BCUT2D eigenvalue weighted by Gasteiger charge is 2.38. The first-order valence-corrected chi connectivity index (χ1v) is 6.64. The predicted molar refractivity (Wildman–Crippen MR) is 68.5 cm³/mol. The SMILES string of the molecule is Cc1[nH]ncc1CNC(C)C1CC2C=CC1C2. The fourth-order valence-electron chi connectivity index (χ4n) is 3.37. The lowest BCUT2D eigenvalue weighted by Gasteiger charge is -2.26. The molecule has 4 atom stereocenters. The molecule has 17 heavy (non-hydrogen) atoms. The van der Waals surface area contributed by atoms with Crippen LogP contribution in [0.1, 0.15) is 31.0 Å². The van der Waals surface area contributed by atoms with Crippen LogP contribution in [-0.2, 0) is 6.54 Å². The van der Waals surface area contributed by atoms with Crippen molar-refractivity contribution in [1.29, 1.82) is 0 Å². The van der Waals surface area contributed by atoms with Crippen LogP contribution in [0, 0.1) is 24.7 Å². The fourth-order valence-corrected chi connectivity index (χ4v) is 3.37. The highest BCUT2D eigenvalue weighted by molar-refractivity contribution is 5.15. The second kappa shape index (κ2) is 4.30. The Morgan fingerprint density at radius 2 is 2.35 bits per heavy atom. The molecule has 3 heteroatoms. The summed E-state index contributed by atoms with van der Waals surface area (Å²) < 4.78 is 0. The molecule has 1 saturated carbocycles. The average molecular weight is 231 g/mol. The Labute approximate surface area is 103 Å². The lowest BCUT2D eigenvalue weighted by Crippen LogP contribution is -2.35. The number of aromatic nitrogens is 2. The summed E-state index contributed by atoms with van der Waals surface area (Å²) in [7, 11) is 0. The van der Waals surface area contributed by atoms with Gasteiger partial charge < -0.3 is 5.32 Å². The number of nitrogens with zero attached hydrogens (tertiary/aromatic N) is 1. The third-order valence-electron chi connectivity index (χ3n) is 4.52. The number of allylic oxidation sites excluding steroid dienone is 2. The molecule has 1 fully saturated rings. The van der Waals surface area contributed by atoms with Crippen LogP contribution in [0.2, 0.25) is 0 Å². The first kappa shape index (κ1) is 11.0. The van der Waals surface area contributed by atoms with E-state index in [4.69, 9.17) is 0 Å². The van der Waals surface area contributed by atoms with Crippen molar-refractivity contribution in [3.05, 3.63) is 29.6 Å². The van der Waals surface area contributed by atoms with E-state index in [1.54, 1.807) is 0 Å². The number of aromatic amines is 1. The number of hydrogen-bond acceptors (Lipinski definition) is 2. The summed E-state index contributed by atoms with van der Waals surface area (Å²) in [4.78, 5) is 0. The van der Waals surface area contributed by atoms with E-state index in [1.807, 2.05) is 6.20 Å². The largest absolute Gasteiger partial charge is 0.310 e. The third kappa shape index (κ3) is 2.04. The van der Waals surface area contributed by atoms with Gasteiger partial charge in [0.25, 0.3) is 0 Å². The first-order chi connectivity index (χ1) is 8.24. The second-order valence-electron chi connectivity index (χ2n) is 5.63. The van der Waals surface area contributed by atoms with Crippen LogP contribution in [0.25, 0.3) is 0 Å². The summed E-state index contributed by atoms with van der Waals surface area (Å²) in [6.07, 6.45) is 9.53. The van der Waals surface area contributed by atoms with Gasteiger partial charge in [-0.1, -0.05) is 12.2 Å². The van der Waals surface area contributed by atoms with Gasteiger partial charge in [-0.15, -0.1) is 0 Å². The van der Waals surface area contributed by atoms with Gasteiger partial charge >= 0.3 is 0 Å². The normalized spacial score (nSPS) is 32.2. The van der Waals surface area contributed by atoms with Crippen molar-refractivity contribution in [2.75, 3.05) is 0 Å². The Balaban J connectivity index is 1.56. The summed E-state index contributed by atoms with van der Waals surface area (Å²) >= 11 is 0. The lowest BCUT2D eigenvalue weighted by atomic mass is 9.87. The van der Waals surface area contributed by atoms with Crippen molar-refractivity contribution in [3.63, 3.8) is 0 Å². The number of fused-ring (bicyclic) bond motifs is 2. The maximum atomic E-state index is 4.06. The summed E-state index contributed by atoms with van der Waals surface area (Å²) in [5.74, 6) is 2.52. The molecule has 1 aromatic heterocycles. The van der Waals surface area contributed by atoms with Gasteiger partial charge in [0.05, 0.1) is 6.20 Å². The standard InChI is InChI=1S/C14H21N3/c1-9-13(8-16-17-9)7-15-10(2)14-6-11-3-4-12(14)5-11/h3-4,8,10-12,14-15H,5-7H2,1-2H3,(H,16,17). The van der Waals surface area contributed by atoms with E-state index >= 15 is 0 Å². The van der Waals surface area contributed by atoms with Crippen LogP contribution in [0.5, 0.6) is 0 Å². The van der Waals surface area contributed by atoms with E-state index in [0.717, 1.165) is 24.3 Å². The average Bonchev–Trinajstić information content (AvgIpc) is 3.01. The molecule has 4 unspecified atom stereocenters. The number of hydrogen-bond donors (Lipinski definition) is 2. The zero-order valence-corrected chi connectivity index (χ0v) is 10.6. The van der Waals surface area contributed by atoms with Crippen LogP contribution in [0.4, 0.5) is 0 Å². The van der Waals surface area contributed by atoms with Crippen molar-refractivity contribution in [3.8, 4) is 0 Å². The van der Waals surface area contributed by atoms with E-state index in [1.165, 1.54) is 24.1 Å². The maximum absolute atomic E-state index is 4.06. The van der Waals surface area contributed by atoms with E-state index in [0.29, 0.717) is 6.04 Å². The summed E-state index contributed by atoms with van der Waals surface area (Å²) in [5.41, 5.74) is 2.47. The molecule has 3 nitrogen and oxygen atoms in total.